The van der Waals surface area contributed by atoms with Gasteiger partial charge >= 0.3 is 13.8 Å². The van der Waals surface area contributed by atoms with E-state index in [0.717, 1.165) is 55.6 Å². The van der Waals surface area contributed by atoms with E-state index in [4.69, 9.17) is 0 Å². The summed E-state index contributed by atoms with van der Waals surface area (Å²) in [5, 5.41) is 22.2. The summed E-state index contributed by atoms with van der Waals surface area (Å²) in [7, 11) is 0. The number of anilines is 3. The fourth-order valence-electron chi connectivity index (χ4n) is 4.41. The zero-order valence-electron chi connectivity index (χ0n) is 15.1. The highest BCUT2D eigenvalue weighted by molar-refractivity contribution is 6.87. The van der Waals surface area contributed by atoms with Crippen LogP contribution in [0, 0.1) is 20.8 Å². The molecule has 2 N–H and O–H groups in total. The van der Waals surface area contributed by atoms with Crippen LogP contribution in [-0.4, -0.2) is 23.9 Å². The maximum Gasteiger partial charge on any atom is 0.363 e. The summed E-state index contributed by atoms with van der Waals surface area (Å²) in [6.07, 6.45) is 0. The van der Waals surface area contributed by atoms with Gasteiger partial charge in [0, 0.05) is 17.1 Å². The van der Waals surface area contributed by atoms with E-state index in [-0.39, 0.29) is 0 Å². The Kier molecular flexibility index (Phi) is 3.18. The van der Waals surface area contributed by atoms with Crippen LogP contribution in [0.15, 0.2) is 48.5 Å². The van der Waals surface area contributed by atoms with Crippen LogP contribution < -0.4 is 26.8 Å². The Morgan fingerprint density at radius 3 is 1.50 bits per heavy atom. The number of hydrogen-bond donors (Lipinski definition) is 2. The molecule has 3 nitrogen and oxygen atoms in total. The fourth-order valence-corrected chi connectivity index (χ4v) is 4.41. The van der Waals surface area contributed by atoms with Crippen LogP contribution in [-0.2, 0) is 0 Å². The largest absolute Gasteiger partial charge is 0.443 e. The molecule has 0 aliphatic carbocycles. The van der Waals surface area contributed by atoms with Gasteiger partial charge in [0.25, 0.3) is 0 Å². The minimum atomic E-state index is -0.686. The first-order valence-corrected chi connectivity index (χ1v) is 8.97. The molecule has 0 aromatic heterocycles. The minimum Gasteiger partial charge on any atom is -0.443 e. The molecule has 3 aromatic carbocycles. The highest BCUT2D eigenvalue weighted by Gasteiger charge is 2.42. The molecule has 0 radical (unpaired) electrons. The Balaban J connectivity index is 1.91. The van der Waals surface area contributed by atoms with E-state index in [2.05, 4.69) is 41.3 Å². The van der Waals surface area contributed by atoms with Crippen LogP contribution in [0.2, 0.25) is 0 Å². The van der Waals surface area contributed by atoms with E-state index >= 15 is 0 Å². The Morgan fingerprint density at radius 2 is 1.04 bits per heavy atom. The molecule has 0 bridgehead atoms. The van der Waals surface area contributed by atoms with E-state index in [1.165, 1.54) is 0 Å². The quantitative estimate of drug-likeness (QED) is 0.599. The predicted molar refractivity (Wildman–Crippen MR) is 110 cm³/mol. The molecule has 0 unspecified atom stereocenters. The molecule has 26 heavy (non-hydrogen) atoms. The van der Waals surface area contributed by atoms with Crippen LogP contribution >= 0.6 is 0 Å². The Bertz CT molecular complexity index is 999. The molecule has 2 aliphatic heterocycles. The molecule has 0 fully saturated rings. The number of fused-ring (bicyclic) bond motifs is 4. The third-order valence-corrected chi connectivity index (χ3v) is 5.56. The van der Waals surface area contributed by atoms with Crippen molar-refractivity contribution < 1.29 is 10.0 Å². The number of rotatable bonds is 0. The molecule has 0 amide bonds. The van der Waals surface area contributed by atoms with Gasteiger partial charge in [0.1, 0.15) is 0 Å². The fraction of sp³-hybridized carbons (Fsp3) is 0.143. The van der Waals surface area contributed by atoms with Crippen LogP contribution in [0.4, 0.5) is 17.1 Å². The summed E-state index contributed by atoms with van der Waals surface area (Å²) in [5.41, 5.74) is 9.74. The molecule has 126 valence electrons. The maximum absolute atomic E-state index is 11.1. The van der Waals surface area contributed by atoms with Crippen molar-refractivity contribution in [2.24, 2.45) is 0 Å². The molecule has 2 heterocycles. The second kappa shape index (κ2) is 5.26. The van der Waals surface area contributed by atoms with Crippen molar-refractivity contribution in [3.05, 3.63) is 65.2 Å². The number of hydrogen-bond acceptors (Lipinski definition) is 3. The normalized spacial score (nSPS) is 14.1. The highest BCUT2D eigenvalue weighted by Crippen LogP contribution is 2.37. The number of aryl methyl sites for hydroxylation is 3. The molecular formula is C21H19B2NO2. The van der Waals surface area contributed by atoms with Crippen molar-refractivity contribution in [2.75, 3.05) is 4.90 Å². The number of benzene rings is 3. The first-order valence-electron chi connectivity index (χ1n) is 8.97. The van der Waals surface area contributed by atoms with Gasteiger partial charge in [0.05, 0.1) is 0 Å². The van der Waals surface area contributed by atoms with Crippen molar-refractivity contribution in [1.29, 1.82) is 0 Å². The lowest BCUT2D eigenvalue weighted by atomic mass is 9.46. The molecule has 5 rings (SSSR count). The van der Waals surface area contributed by atoms with Crippen molar-refractivity contribution in [2.45, 2.75) is 20.8 Å². The van der Waals surface area contributed by atoms with E-state index in [0.29, 0.717) is 0 Å². The maximum atomic E-state index is 11.1. The third-order valence-electron chi connectivity index (χ3n) is 5.56. The first-order chi connectivity index (χ1) is 12.5. The van der Waals surface area contributed by atoms with Crippen molar-refractivity contribution in [3.63, 3.8) is 0 Å². The highest BCUT2D eigenvalue weighted by atomic mass is 16.2. The average Bonchev–Trinajstić information content (AvgIpc) is 2.61. The summed E-state index contributed by atoms with van der Waals surface area (Å²) in [6.45, 7) is 4.73. The van der Waals surface area contributed by atoms with Crippen LogP contribution in [0.5, 0.6) is 0 Å². The van der Waals surface area contributed by atoms with Gasteiger partial charge < -0.3 is 14.9 Å². The molecule has 5 heteroatoms. The lowest BCUT2D eigenvalue weighted by Gasteiger charge is -2.41. The van der Waals surface area contributed by atoms with Crippen LogP contribution in [0.1, 0.15) is 16.7 Å². The van der Waals surface area contributed by atoms with Gasteiger partial charge in [-0.1, -0.05) is 53.1 Å². The van der Waals surface area contributed by atoms with E-state index in [1.54, 1.807) is 0 Å². The van der Waals surface area contributed by atoms with Gasteiger partial charge in [-0.05, 0) is 54.8 Å². The average molecular weight is 339 g/mol. The lowest BCUT2D eigenvalue weighted by Crippen LogP contribution is -2.59. The summed E-state index contributed by atoms with van der Waals surface area (Å²) < 4.78 is 0. The van der Waals surface area contributed by atoms with Gasteiger partial charge in [-0.3, -0.25) is 0 Å². The van der Waals surface area contributed by atoms with Gasteiger partial charge in [-0.2, -0.15) is 0 Å². The number of nitrogens with zero attached hydrogens (tertiary/aromatic N) is 1. The standard InChI is InChI=1S/C21H19B2NO2/c1-12-4-6-19-15(8-12)22(25)17-10-14(3)11-18-21(17)24(19)20-7-5-13(2)9-16(20)23(18)26/h4-11,25-26H,1-3H3. The van der Waals surface area contributed by atoms with E-state index < -0.39 is 13.8 Å². The molecule has 2 aliphatic rings. The van der Waals surface area contributed by atoms with Crippen LogP contribution in [0.3, 0.4) is 0 Å². The zero-order valence-corrected chi connectivity index (χ0v) is 15.1. The molecule has 0 atom stereocenters. The van der Waals surface area contributed by atoms with E-state index in [9.17, 15) is 10.0 Å². The second-order valence-electron chi connectivity index (χ2n) is 7.56. The van der Waals surface area contributed by atoms with Crippen LogP contribution in [0.25, 0.3) is 0 Å². The molecule has 3 aromatic rings. The van der Waals surface area contributed by atoms with Crippen molar-refractivity contribution >= 4 is 52.7 Å². The zero-order chi connectivity index (χ0) is 18.2. The molecule has 0 spiro atoms. The summed E-state index contributed by atoms with van der Waals surface area (Å²) in [6, 6.07) is 16.5. The van der Waals surface area contributed by atoms with E-state index in [1.807, 2.05) is 32.9 Å². The third kappa shape index (κ3) is 1.99. The SMILES string of the molecule is Cc1ccc2c(c1)B(O)c1cc(C)cc3c1N2c1ccc(C)cc1B3O. The smallest absolute Gasteiger partial charge is 0.363 e. The predicted octanol–water partition coefficient (Wildman–Crippen LogP) is 0.904. The molecular weight excluding hydrogens is 320 g/mol. The summed E-state index contributed by atoms with van der Waals surface area (Å²) in [5.74, 6) is 0. The first kappa shape index (κ1) is 15.7. The Labute approximate surface area is 154 Å². The Morgan fingerprint density at radius 1 is 0.615 bits per heavy atom. The minimum absolute atomic E-state index is 0.686. The lowest BCUT2D eigenvalue weighted by molar-refractivity contribution is 0.598. The summed E-state index contributed by atoms with van der Waals surface area (Å²) >= 11 is 0. The second-order valence-corrected chi connectivity index (χ2v) is 7.56. The van der Waals surface area contributed by atoms with Crippen molar-refractivity contribution in [3.8, 4) is 0 Å². The van der Waals surface area contributed by atoms with Gasteiger partial charge in [-0.25, -0.2) is 0 Å². The molecule has 0 saturated heterocycles. The monoisotopic (exact) mass is 339 g/mol. The van der Waals surface area contributed by atoms with Crippen molar-refractivity contribution in [1.82, 2.24) is 0 Å². The molecule has 0 saturated carbocycles. The summed E-state index contributed by atoms with van der Waals surface area (Å²) in [4.78, 5) is 2.20. The van der Waals surface area contributed by atoms with Gasteiger partial charge in [0.15, 0.2) is 0 Å². The van der Waals surface area contributed by atoms with Gasteiger partial charge in [-0.15, -0.1) is 0 Å². The van der Waals surface area contributed by atoms with Gasteiger partial charge in [0.2, 0.25) is 0 Å². The topological polar surface area (TPSA) is 43.7 Å². The Hall–Kier alpha value is -2.49.